The average molecular weight is 252 g/mol. The highest BCUT2D eigenvalue weighted by atomic mass is 16.5. The second-order valence-electron chi connectivity index (χ2n) is 7.48. The van der Waals surface area contributed by atoms with Gasteiger partial charge in [-0.15, -0.1) is 0 Å². The summed E-state index contributed by atoms with van der Waals surface area (Å²) in [6.07, 6.45) is 6.03. The van der Waals surface area contributed by atoms with Gasteiger partial charge >= 0.3 is 0 Å². The van der Waals surface area contributed by atoms with Gasteiger partial charge in [-0.05, 0) is 26.7 Å². The zero-order chi connectivity index (χ0) is 12.4. The first-order valence-electron chi connectivity index (χ1n) is 7.71. The van der Waals surface area contributed by atoms with Crippen LogP contribution in [-0.4, -0.2) is 55.1 Å². The highest BCUT2D eigenvalue weighted by molar-refractivity contribution is 5.02. The number of morpholine rings is 1. The molecule has 0 bridgehead atoms. The fraction of sp³-hybridized carbons (Fsp3) is 1.00. The number of ether oxygens (including phenoxy) is 2. The smallest absolute Gasteiger partial charge is 0.119 e. The average Bonchev–Trinajstić information content (AvgIpc) is 3.03. The number of hydrogen-bond acceptors (Lipinski definition) is 2. The molecule has 0 aromatic carbocycles. The lowest BCUT2D eigenvalue weighted by molar-refractivity contribution is -1.08. The number of piperidine rings is 1. The lowest BCUT2D eigenvalue weighted by atomic mass is 9.69. The van der Waals surface area contributed by atoms with Crippen LogP contribution in [0.5, 0.6) is 0 Å². The van der Waals surface area contributed by atoms with Crippen molar-refractivity contribution in [3.8, 4) is 0 Å². The summed E-state index contributed by atoms with van der Waals surface area (Å²) in [4.78, 5) is 0. The van der Waals surface area contributed by atoms with Gasteiger partial charge in [-0.1, -0.05) is 0 Å². The largest absolute Gasteiger partial charge is 0.378 e. The van der Waals surface area contributed by atoms with Crippen LogP contribution in [0.3, 0.4) is 0 Å². The third-order valence-electron chi connectivity index (χ3n) is 6.04. The molecule has 0 aromatic heterocycles. The van der Waals surface area contributed by atoms with E-state index in [9.17, 15) is 0 Å². The molecule has 1 aliphatic carbocycles. The maximum Gasteiger partial charge on any atom is 0.119 e. The third-order valence-corrected chi connectivity index (χ3v) is 6.04. The van der Waals surface area contributed by atoms with Crippen molar-refractivity contribution in [2.24, 2.45) is 5.41 Å². The van der Waals surface area contributed by atoms with E-state index >= 15 is 0 Å². The summed E-state index contributed by atoms with van der Waals surface area (Å²) in [6.45, 7) is 8.74. The van der Waals surface area contributed by atoms with E-state index in [-0.39, 0.29) is 0 Å². The summed E-state index contributed by atoms with van der Waals surface area (Å²) < 4.78 is 13.1. The highest BCUT2D eigenvalue weighted by Crippen LogP contribution is 2.59. The molecule has 3 saturated heterocycles. The summed E-state index contributed by atoms with van der Waals surface area (Å²) in [6, 6.07) is 2.65. The van der Waals surface area contributed by atoms with Gasteiger partial charge in [0.05, 0.1) is 45.3 Å². The van der Waals surface area contributed by atoms with Gasteiger partial charge in [0.15, 0.2) is 0 Å². The maximum absolute atomic E-state index is 5.92. The van der Waals surface area contributed by atoms with Crippen LogP contribution in [0.4, 0.5) is 0 Å². The number of hydrogen-bond donors (Lipinski definition) is 0. The number of rotatable bonds is 5. The molecule has 0 amide bonds. The minimum atomic E-state index is 0.383. The molecule has 2 unspecified atom stereocenters. The SMILES string of the molecule is CC(C)OCC1(C[N+]23C4COCC2CC3C4)CC1. The molecule has 1 saturated carbocycles. The number of quaternary nitrogens is 1. The highest BCUT2D eigenvalue weighted by Gasteiger charge is 2.71. The molecule has 2 atom stereocenters. The molecule has 0 radical (unpaired) electrons. The van der Waals surface area contributed by atoms with Crippen LogP contribution < -0.4 is 0 Å². The summed E-state index contributed by atoms with van der Waals surface area (Å²) in [5, 5.41) is 0. The van der Waals surface area contributed by atoms with Crippen LogP contribution >= 0.6 is 0 Å². The van der Waals surface area contributed by atoms with E-state index in [0.29, 0.717) is 11.5 Å². The minimum absolute atomic E-state index is 0.383. The van der Waals surface area contributed by atoms with Crippen LogP contribution in [0.15, 0.2) is 0 Å². The van der Waals surface area contributed by atoms with Crippen molar-refractivity contribution in [3.05, 3.63) is 0 Å². The van der Waals surface area contributed by atoms with Crippen LogP contribution in [0.25, 0.3) is 0 Å². The van der Waals surface area contributed by atoms with Gasteiger partial charge in [-0.2, -0.15) is 0 Å². The first-order valence-corrected chi connectivity index (χ1v) is 7.71. The molecule has 18 heavy (non-hydrogen) atoms. The van der Waals surface area contributed by atoms with E-state index in [4.69, 9.17) is 9.47 Å². The van der Waals surface area contributed by atoms with Crippen LogP contribution in [0.2, 0.25) is 0 Å². The molecular formula is C15H26NO2+. The molecule has 0 N–H and O–H groups in total. The van der Waals surface area contributed by atoms with E-state index in [1.165, 1.54) is 36.7 Å². The van der Waals surface area contributed by atoms with E-state index in [0.717, 1.165) is 37.9 Å². The molecule has 4 fully saturated rings. The fourth-order valence-corrected chi connectivity index (χ4v) is 4.72. The van der Waals surface area contributed by atoms with Crippen molar-refractivity contribution < 1.29 is 14.0 Å². The van der Waals surface area contributed by atoms with Crippen molar-refractivity contribution in [2.75, 3.05) is 26.4 Å². The van der Waals surface area contributed by atoms with E-state index in [2.05, 4.69) is 13.8 Å². The normalized spacial score (nSPS) is 47.2. The van der Waals surface area contributed by atoms with Gasteiger partial charge in [0.1, 0.15) is 18.1 Å². The molecule has 3 heterocycles. The lowest BCUT2D eigenvalue weighted by Gasteiger charge is -2.72. The van der Waals surface area contributed by atoms with Gasteiger partial charge < -0.3 is 14.0 Å². The topological polar surface area (TPSA) is 18.5 Å². The number of nitrogens with zero attached hydrogens (tertiary/aromatic N) is 1. The molecule has 102 valence electrons. The van der Waals surface area contributed by atoms with Crippen molar-refractivity contribution in [3.63, 3.8) is 0 Å². The van der Waals surface area contributed by atoms with Crippen molar-refractivity contribution >= 4 is 0 Å². The van der Waals surface area contributed by atoms with Gasteiger partial charge in [-0.3, -0.25) is 0 Å². The second kappa shape index (κ2) is 3.71. The van der Waals surface area contributed by atoms with E-state index < -0.39 is 0 Å². The summed E-state index contributed by atoms with van der Waals surface area (Å²) in [7, 11) is 0. The van der Waals surface area contributed by atoms with E-state index in [1.807, 2.05) is 0 Å². The Labute approximate surface area is 110 Å². The van der Waals surface area contributed by atoms with Crippen molar-refractivity contribution in [2.45, 2.75) is 63.8 Å². The Bertz CT molecular complexity index is 332. The first-order chi connectivity index (χ1) is 8.65. The monoisotopic (exact) mass is 252 g/mol. The van der Waals surface area contributed by atoms with Crippen molar-refractivity contribution in [1.82, 2.24) is 0 Å². The molecule has 3 heteroatoms. The summed E-state index contributed by atoms with van der Waals surface area (Å²) in [5.41, 5.74) is 0.539. The molecular weight excluding hydrogens is 226 g/mol. The Hall–Kier alpha value is -0.120. The van der Waals surface area contributed by atoms with Crippen LogP contribution in [0.1, 0.15) is 39.5 Å². The minimum Gasteiger partial charge on any atom is -0.378 e. The van der Waals surface area contributed by atoms with Crippen LogP contribution in [0, 0.1) is 5.41 Å². The summed E-state index contributed by atoms with van der Waals surface area (Å²) in [5.74, 6) is 0. The Kier molecular flexibility index (Phi) is 2.41. The fourth-order valence-electron chi connectivity index (χ4n) is 4.72. The van der Waals surface area contributed by atoms with Gasteiger partial charge in [0.2, 0.25) is 0 Å². The zero-order valence-electron chi connectivity index (χ0n) is 11.7. The Balaban J connectivity index is 1.45. The Morgan fingerprint density at radius 1 is 1.17 bits per heavy atom. The molecule has 4 aliphatic rings. The molecule has 0 aromatic rings. The maximum atomic E-state index is 5.92. The molecule has 3 nitrogen and oxygen atoms in total. The zero-order valence-corrected chi connectivity index (χ0v) is 11.7. The molecule has 0 spiro atoms. The van der Waals surface area contributed by atoms with E-state index in [1.54, 1.807) is 0 Å². The molecule has 4 rings (SSSR count). The predicted molar refractivity (Wildman–Crippen MR) is 69.3 cm³/mol. The second-order valence-corrected chi connectivity index (χ2v) is 7.48. The third kappa shape index (κ3) is 1.47. The molecule has 3 aliphatic heterocycles. The quantitative estimate of drug-likeness (QED) is 0.696. The lowest BCUT2D eigenvalue weighted by Crippen LogP contribution is -2.88. The predicted octanol–water partition coefficient (Wildman–Crippen LogP) is 1.95. The Morgan fingerprint density at radius 2 is 1.83 bits per heavy atom. The van der Waals surface area contributed by atoms with Gasteiger partial charge in [0.25, 0.3) is 0 Å². The Morgan fingerprint density at radius 3 is 2.33 bits per heavy atom. The van der Waals surface area contributed by atoms with Gasteiger partial charge in [0, 0.05) is 5.41 Å². The van der Waals surface area contributed by atoms with Gasteiger partial charge in [-0.25, -0.2) is 0 Å². The van der Waals surface area contributed by atoms with Crippen LogP contribution in [-0.2, 0) is 9.47 Å². The summed E-state index contributed by atoms with van der Waals surface area (Å²) >= 11 is 0. The first kappa shape index (κ1) is 11.7. The standard InChI is InChI=1S/C15H26NO2/c1-11(2)18-10-15(3-4-15)9-16-12-5-13(16)7-17-8-14(16)6-12/h11-14H,3-10H2,1-2H3/q+1. The van der Waals surface area contributed by atoms with Crippen molar-refractivity contribution in [1.29, 1.82) is 0 Å².